The molecule has 0 aromatic rings. The molecule has 4 atom stereocenters. The van der Waals surface area contributed by atoms with Gasteiger partial charge in [0.05, 0.1) is 5.41 Å². The normalized spacial score (nSPS) is 26.4. The zero-order valence-electron chi connectivity index (χ0n) is 16.6. The average Bonchev–Trinajstić information content (AvgIpc) is 2.57. The van der Waals surface area contributed by atoms with Crippen LogP contribution in [0.1, 0.15) is 46.5 Å². The Morgan fingerprint density at radius 1 is 0.806 bits per heavy atom. The summed E-state index contributed by atoms with van der Waals surface area (Å²) in [7, 11) is 0. The lowest BCUT2D eigenvalue weighted by Gasteiger charge is -2.46. The summed E-state index contributed by atoms with van der Waals surface area (Å²) in [6, 6.07) is 0. The number of carbonyl (C=O) groups excluding carboxylic acids is 1. The van der Waals surface area contributed by atoms with Crippen molar-refractivity contribution in [3.8, 4) is 0 Å². The number of rotatable bonds is 5. The fourth-order valence-electron chi connectivity index (χ4n) is 3.33. The van der Waals surface area contributed by atoms with Gasteiger partial charge in [-0.25, -0.2) is 4.39 Å². The van der Waals surface area contributed by atoms with Crippen molar-refractivity contribution in [3.63, 3.8) is 0 Å². The smallest absolute Gasteiger partial charge is 0.448 e. The molecule has 0 bridgehead atoms. The Balaban J connectivity index is 3.47. The Bertz CT molecular complexity index is 637. The molecule has 1 aliphatic rings. The lowest BCUT2D eigenvalue weighted by molar-refractivity contribution is -0.395. The fraction of sp³-hybridized carbons (Fsp3) is 0.941. The molecule has 0 heterocycles. The van der Waals surface area contributed by atoms with E-state index in [9.17, 15) is 58.9 Å². The SMILES string of the molecule is CCC(C)(C)C(=O)OC1CC(C(O)(F)C(F)(F)F)CC(C(O)(C(F)(F)F)C(F)(F)F)C1. The standard InChI is InChI=1S/C17H22F10O4/c1-4-12(2,3)11(28)31-10-6-8(13(29,15(19,20)21)16(22,23)24)5-9(7-10)14(18,30)17(25,26)27/h8-10,29-30H,4-7H2,1-3H3. The van der Waals surface area contributed by atoms with E-state index in [4.69, 9.17) is 4.74 Å². The highest BCUT2D eigenvalue weighted by molar-refractivity contribution is 5.76. The predicted molar refractivity (Wildman–Crippen MR) is 84.0 cm³/mol. The summed E-state index contributed by atoms with van der Waals surface area (Å²) in [4.78, 5) is 12.2. The third-order valence-corrected chi connectivity index (χ3v) is 5.77. The van der Waals surface area contributed by atoms with Gasteiger partial charge in [-0.1, -0.05) is 6.92 Å². The largest absolute Gasteiger partial charge is 0.462 e. The molecule has 4 unspecified atom stereocenters. The van der Waals surface area contributed by atoms with E-state index in [1.807, 2.05) is 0 Å². The zero-order chi connectivity index (χ0) is 24.8. The van der Waals surface area contributed by atoms with Gasteiger partial charge >= 0.3 is 30.4 Å². The molecular formula is C17H22F10O4. The van der Waals surface area contributed by atoms with Crippen molar-refractivity contribution in [1.29, 1.82) is 0 Å². The Labute approximate surface area is 170 Å². The van der Waals surface area contributed by atoms with Gasteiger partial charge < -0.3 is 14.9 Å². The van der Waals surface area contributed by atoms with E-state index in [0.29, 0.717) is 0 Å². The Hall–Kier alpha value is -1.31. The molecule has 4 nitrogen and oxygen atoms in total. The summed E-state index contributed by atoms with van der Waals surface area (Å²) in [6.07, 6.45) is -25.2. The van der Waals surface area contributed by atoms with E-state index >= 15 is 0 Å². The van der Waals surface area contributed by atoms with Crippen molar-refractivity contribution in [2.45, 2.75) is 82.5 Å². The molecule has 1 fully saturated rings. The second kappa shape index (κ2) is 8.23. The molecule has 0 aromatic heterocycles. The minimum Gasteiger partial charge on any atom is -0.462 e. The van der Waals surface area contributed by atoms with Crippen molar-refractivity contribution in [1.82, 2.24) is 0 Å². The average molecular weight is 480 g/mol. The summed E-state index contributed by atoms with van der Waals surface area (Å²) >= 11 is 0. The van der Waals surface area contributed by atoms with Crippen LogP contribution in [0, 0.1) is 17.3 Å². The quantitative estimate of drug-likeness (QED) is 0.437. The topological polar surface area (TPSA) is 66.8 Å². The molecule has 2 N–H and O–H groups in total. The van der Waals surface area contributed by atoms with Crippen molar-refractivity contribution in [2.24, 2.45) is 17.3 Å². The number of carbonyl (C=O) groups is 1. The van der Waals surface area contributed by atoms with Crippen LogP contribution in [0.25, 0.3) is 0 Å². The van der Waals surface area contributed by atoms with Gasteiger partial charge in [-0.05, 0) is 39.5 Å². The predicted octanol–water partition coefficient (Wildman–Crippen LogP) is 4.83. The molecule has 0 radical (unpaired) electrons. The maximum Gasteiger partial charge on any atom is 0.448 e. The van der Waals surface area contributed by atoms with Gasteiger partial charge in [0, 0.05) is 11.8 Å². The highest BCUT2D eigenvalue weighted by Crippen LogP contribution is 2.55. The summed E-state index contributed by atoms with van der Waals surface area (Å²) in [5.41, 5.74) is -6.83. The van der Waals surface area contributed by atoms with Crippen LogP contribution in [0.4, 0.5) is 43.9 Å². The molecule has 1 saturated carbocycles. The molecule has 184 valence electrons. The molecule has 31 heavy (non-hydrogen) atoms. The number of aliphatic hydroxyl groups is 2. The zero-order valence-corrected chi connectivity index (χ0v) is 16.6. The lowest BCUT2D eigenvalue weighted by Crippen LogP contribution is -2.64. The number of halogens is 10. The van der Waals surface area contributed by atoms with E-state index < -0.39 is 78.6 Å². The minimum atomic E-state index is -6.40. The van der Waals surface area contributed by atoms with Crippen LogP contribution in [-0.4, -0.2) is 52.3 Å². The minimum absolute atomic E-state index is 0.0933. The molecule has 0 spiro atoms. The monoisotopic (exact) mass is 480 g/mol. The number of alkyl halides is 10. The fourth-order valence-corrected chi connectivity index (χ4v) is 3.33. The third-order valence-electron chi connectivity index (χ3n) is 5.77. The van der Waals surface area contributed by atoms with Crippen LogP contribution in [0.5, 0.6) is 0 Å². The van der Waals surface area contributed by atoms with E-state index in [2.05, 4.69) is 0 Å². The van der Waals surface area contributed by atoms with Gasteiger partial charge in [-0.2, -0.15) is 39.5 Å². The van der Waals surface area contributed by atoms with E-state index in [1.54, 1.807) is 0 Å². The highest BCUT2D eigenvalue weighted by atomic mass is 19.4. The number of ether oxygens (including phenoxy) is 1. The summed E-state index contributed by atoms with van der Waals surface area (Å²) in [5.74, 6) is -12.3. The van der Waals surface area contributed by atoms with Gasteiger partial charge in [0.25, 0.3) is 5.60 Å². The summed E-state index contributed by atoms with van der Waals surface area (Å²) < 4.78 is 137. The van der Waals surface area contributed by atoms with Crippen LogP contribution in [0.2, 0.25) is 0 Å². The molecule has 1 aliphatic carbocycles. The van der Waals surface area contributed by atoms with Crippen LogP contribution >= 0.6 is 0 Å². The first-order valence-electron chi connectivity index (χ1n) is 9.07. The lowest BCUT2D eigenvalue weighted by atomic mass is 9.68. The molecule has 0 amide bonds. The highest BCUT2D eigenvalue weighted by Gasteiger charge is 2.75. The first kappa shape index (κ1) is 27.7. The molecule has 0 aliphatic heterocycles. The number of esters is 1. The first-order chi connectivity index (χ1) is 13.5. The molecule has 0 aromatic carbocycles. The van der Waals surface area contributed by atoms with Gasteiger partial charge in [0.2, 0.25) is 0 Å². The van der Waals surface area contributed by atoms with Crippen molar-refractivity contribution < 1.29 is 63.6 Å². The van der Waals surface area contributed by atoms with Gasteiger partial charge in [-0.15, -0.1) is 0 Å². The maximum atomic E-state index is 14.1. The van der Waals surface area contributed by atoms with Gasteiger partial charge in [-0.3, -0.25) is 4.79 Å². The summed E-state index contributed by atoms with van der Waals surface area (Å²) in [6.45, 7) is 4.09. The maximum absolute atomic E-state index is 14.1. The van der Waals surface area contributed by atoms with E-state index in [1.165, 1.54) is 20.8 Å². The Kier molecular flexibility index (Phi) is 7.36. The van der Waals surface area contributed by atoms with Crippen LogP contribution < -0.4 is 0 Å². The molecule has 14 heteroatoms. The van der Waals surface area contributed by atoms with Crippen LogP contribution in [-0.2, 0) is 9.53 Å². The Morgan fingerprint density at radius 3 is 1.58 bits per heavy atom. The van der Waals surface area contributed by atoms with Crippen LogP contribution in [0.3, 0.4) is 0 Å². The first-order valence-corrected chi connectivity index (χ1v) is 9.07. The third kappa shape index (κ3) is 5.20. The second-order valence-corrected chi connectivity index (χ2v) is 8.30. The van der Waals surface area contributed by atoms with Gasteiger partial charge in [0.15, 0.2) is 0 Å². The molecule has 1 rings (SSSR count). The summed E-state index contributed by atoms with van der Waals surface area (Å²) in [5, 5.41) is 18.8. The van der Waals surface area contributed by atoms with Crippen molar-refractivity contribution >= 4 is 5.97 Å². The van der Waals surface area contributed by atoms with Gasteiger partial charge in [0.1, 0.15) is 6.10 Å². The number of hydrogen-bond acceptors (Lipinski definition) is 4. The second-order valence-electron chi connectivity index (χ2n) is 8.30. The number of hydrogen-bond donors (Lipinski definition) is 2. The van der Waals surface area contributed by atoms with E-state index in [0.717, 1.165) is 0 Å². The van der Waals surface area contributed by atoms with Crippen molar-refractivity contribution in [3.05, 3.63) is 0 Å². The Morgan fingerprint density at radius 2 is 1.23 bits per heavy atom. The van der Waals surface area contributed by atoms with E-state index in [-0.39, 0.29) is 6.42 Å². The van der Waals surface area contributed by atoms with Crippen LogP contribution in [0.15, 0.2) is 0 Å². The molecular weight excluding hydrogens is 458 g/mol. The van der Waals surface area contributed by atoms with Crippen molar-refractivity contribution in [2.75, 3.05) is 0 Å². The molecule has 0 saturated heterocycles.